The number of hydrogen-bond donors (Lipinski definition) is 0. The van der Waals surface area contributed by atoms with Crippen molar-refractivity contribution in [2.24, 2.45) is 0 Å². The summed E-state index contributed by atoms with van der Waals surface area (Å²) in [4.78, 5) is 0. The molecule has 18 heavy (non-hydrogen) atoms. The molecule has 1 aliphatic rings. The summed E-state index contributed by atoms with van der Waals surface area (Å²) in [5.74, 6) is 0. The molecule has 0 saturated heterocycles. The lowest BCUT2D eigenvalue weighted by Crippen LogP contribution is -1.87. The fraction of sp³-hybridized carbons (Fsp3) is 0.222. The minimum absolute atomic E-state index is 1.10. The van der Waals surface area contributed by atoms with Gasteiger partial charge in [0.25, 0.3) is 0 Å². The van der Waals surface area contributed by atoms with Crippen molar-refractivity contribution in [2.45, 2.75) is 26.7 Å². The van der Waals surface area contributed by atoms with Crippen LogP contribution in [0.5, 0.6) is 0 Å². The highest BCUT2D eigenvalue weighted by Gasteiger charge is 2.13. The molecule has 0 aromatic heterocycles. The van der Waals surface area contributed by atoms with Crippen LogP contribution in [-0.4, -0.2) is 0 Å². The summed E-state index contributed by atoms with van der Waals surface area (Å²) in [5.41, 5.74) is 8.44. The Morgan fingerprint density at radius 1 is 1.00 bits per heavy atom. The standard InChI is InChI=1S/C18H18/c1-3-14-7-9-15(10-8-14)17-6-4-5-16-11-13(2)12-18(16)17/h4-10,12H,3,11H2,1-2H3. The van der Waals surface area contributed by atoms with Crippen LogP contribution < -0.4 is 0 Å². The van der Waals surface area contributed by atoms with Crippen LogP contribution in [0.2, 0.25) is 0 Å². The summed E-state index contributed by atoms with van der Waals surface area (Å²) in [6.07, 6.45) is 4.54. The van der Waals surface area contributed by atoms with E-state index in [0.29, 0.717) is 0 Å². The van der Waals surface area contributed by atoms with Crippen molar-refractivity contribution in [1.82, 2.24) is 0 Å². The molecule has 0 heteroatoms. The molecule has 0 unspecified atom stereocenters. The zero-order valence-electron chi connectivity index (χ0n) is 11.0. The van der Waals surface area contributed by atoms with Crippen LogP contribution in [0.15, 0.2) is 48.0 Å². The van der Waals surface area contributed by atoms with Gasteiger partial charge in [-0.2, -0.15) is 0 Å². The van der Waals surface area contributed by atoms with Crippen molar-refractivity contribution in [3.05, 3.63) is 64.7 Å². The molecule has 0 fully saturated rings. The first-order valence-electron chi connectivity index (χ1n) is 6.66. The topological polar surface area (TPSA) is 0 Å². The maximum Gasteiger partial charge on any atom is -0.00604 e. The second-order valence-corrected chi connectivity index (χ2v) is 5.10. The van der Waals surface area contributed by atoms with E-state index in [4.69, 9.17) is 0 Å². The van der Waals surface area contributed by atoms with E-state index in [1.54, 1.807) is 0 Å². The Hall–Kier alpha value is -1.82. The first-order chi connectivity index (χ1) is 8.78. The summed E-state index contributed by atoms with van der Waals surface area (Å²) in [6.45, 7) is 4.41. The van der Waals surface area contributed by atoms with Gasteiger partial charge in [0.15, 0.2) is 0 Å². The van der Waals surface area contributed by atoms with Gasteiger partial charge in [-0.3, -0.25) is 0 Å². The minimum atomic E-state index is 1.10. The Morgan fingerprint density at radius 2 is 1.78 bits per heavy atom. The zero-order chi connectivity index (χ0) is 12.5. The van der Waals surface area contributed by atoms with Gasteiger partial charge >= 0.3 is 0 Å². The molecule has 3 rings (SSSR count). The average Bonchev–Trinajstić information content (AvgIpc) is 2.79. The van der Waals surface area contributed by atoms with E-state index in [-0.39, 0.29) is 0 Å². The number of benzene rings is 2. The van der Waals surface area contributed by atoms with Gasteiger partial charge in [0.2, 0.25) is 0 Å². The molecular formula is C18H18. The molecule has 0 spiro atoms. The lowest BCUT2D eigenvalue weighted by molar-refractivity contribution is 1.14. The molecule has 0 bridgehead atoms. The molecule has 2 aromatic rings. The quantitative estimate of drug-likeness (QED) is 0.695. The Kier molecular flexibility index (Phi) is 2.79. The molecule has 0 amide bonds. The van der Waals surface area contributed by atoms with E-state index in [1.165, 1.54) is 33.4 Å². The largest absolute Gasteiger partial charge is 0.0683 e. The van der Waals surface area contributed by atoms with Gasteiger partial charge in [-0.05, 0) is 47.6 Å². The maximum atomic E-state index is 2.33. The Labute approximate surface area is 109 Å². The second-order valence-electron chi connectivity index (χ2n) is 5.10. The van der Waals surface area contributed by atoms with Crippen molar-refractivity contribution >= 4 is 6.08 Å². The van der Waals surface area contributed by atoms with Crippen molar-refractivity contribution in [3.63, 3.8) is 0 Å². The fourth-order valence-corrected chi connectivity index (χ4v) is 2.71. The van der Waals surface area contributed by atoms with Crippen LogP contribution in [0, 0.1) is 0 Å². The van der Waals surface area contributed by atoms with Crippen molar-refractivity contribution < 1.29 is 0 Å². The average molecular weight is 234 g/mol. The molecule has 0 radical (unpaired) electrons. The van der Waals surface area contributed by atoms with Gasteiger partial charge in [0.1, 0.15) is 0 Å². The van der Waals surface area contributed by atoms with Gasteiger partial charge < -0.3 is 0 Å². The van der Waals surface area contributed by atoms with E-state index in [1.807, 2.05) is 0 Å². The molecule has 0 saturated carbocycles. The van der Waals surface area contributed by atoms with Gasteiger partial charge in [-0.25, -0.2) is 0 Å². The third-order valence-electron chi connectivity index (χ3n) is 3.73. The highest BCUT2D eigenvalue weighted by atomic mass is 14.2. The first-order valence-corrected chi connectivity index (χ1v) is 6.66. The van der Waals surface area contributed by atoms with E-state index in [9.17, 15) is 0 Å². The molecule has 1 aliphatic carbocycles. The number of fused-ring (bicyclic) bond motifs is 1. The summed E-state index contributed by atoms with van der Waals surface area (Å²) in [6, 6.07) is 15.6. The second kappa shape index (κ2) is 4.45. The number of rotatable bonds is 2. The Bertz CT molecular complexity index is 600. The third kappa shape index (κ3) is 1.88. The number of allylic oxidation sites excluding steroid dienone is 1. The number of aryl methyl sites for hydroxylation is 1. The van der Waals surface area contributed by atoms with Gasteiger partial charge in [0.05, 0.1) is 0 Å². The lowest BCUT2D eigenvalue weighted by atomic mass is 9.96. The monoisotopic (exact) mass is 234 g/mol. The van der Waals surface area contributed by atoms with Crippen LogP contribution in [0.4, 0.5) is 0 Å². The molecule has 0 atom stereocenters. The van der Waals surface area contributed by atoms with Gasteiger partial charge in [0, 0.05) is 0 Å². The third-order valence-corrected chi connectivity index (χ3v) is 3.73. The normalized spacial score (nSPS) is 13.3. The zero-order valence-corrected chi connectivity index (χ0v) is 11.0. The van der Waals surface area contributed by atoms with Crippen molar-refractivity contribution in [1.29, 1.82) is 0 Å². The molecule has 0 aliphatic heterocycles. The smallest absolute Gasteiger partial charge is 0.00604 e. The lowest BCUT2D eigenvalue weighted by Gasteiger charge is -2.08. The highest BCUT2D eigenvalue weighted by molar-refractivity contribution is 5.80. The molecule has 0 heterocycles. The molecular weight excluding hydrogens is 216 g/mol. The van der Waals surface area contributed by atoms with Crippen molar-refractivity contribution in [3.8, 4) is 11.1 Å². The van der Waals surface area contributed by atoms with E-state index < -0.39 is 0 Å². The van der Waals surface area contributed by atoms with Crippen LogP contribution in [0.1, 0.15) is 30.5 Å². The van der Waals surface area contributed by atoms with E-state index >= 15 is 0 Å². The Morgan fingerprint density at radius 3 is 2.50 bits per heavy atom. The van der Waals surface area contributed by atoms with Crippen LogP contribution in [0.3, 0.4) is 0 Å². The van der Waals surface area contributed by atoms with Crippen LogP contribution in [0.25, 0.3) is 17.2 Å². The van der Waals surface area contributed by atoms with Crippen molar-refractivity contribution in [2.75, 3.05) is 0 Å². The summed E-state index contributed by atoms with van der Waals surface area (Å²) in [5, 5.41) is 0. The SMILES string of the molecule is CCc1ccc(-c2cccc3c2C=C(C)C3)cc1. The predicted octanol–water partition coefficient (Wildman–Crippen LogP) is 4.88. The van der Waals surface area contributed by atoms with Gasteiger partial charge in [-0.15, -0.1) is 0 Å². The van der Waals surface area contributed by atoms with E-state index in [2.05, 4.69) is 62.4 Å². The fourth-order valence-electron chi connectivity index (χ4n) is 2.71. The van der Waals surface area contributed by atoms with Crippen LogP contribution >= 0.6 is 0 Å². The van der Waals surface area contributed by atoms with E-state index in [0.717, 1.165) is 12.8 Å². The molecule has 2 aromatic carbocycles. The molecule has 0 nitrogen and oxygen atoms in total. The molecule has 90 valence electrons. The molecule has 0 N–H and O–H groups in total. The minimum Gasteiger partial charge on any atom is -0.0683 e. The van der Waals surface area contributed by atoms with Crippen LogP contribution in [-0.2, 0) is 12.8 Å². The summed E-state index contributed by atoms with van der Waals surface area (Å²) < 4.78 is 0. The predicted molar refractivity (Wildman–Crippen MR) is 78.6 cm³/mol. The Balaban J connectivity index is 2.09. The maximum absolute atomic E-state index is 2.33. The van der Waals surface area contributed by atoms with Gasteiger partial charge in [-0.1, -0.05) is 61.0 Å². The summed E-state index contributed by atoms with van der Waals surface area (Å²) >= 11 is 0. The summed E-state index contributed by atoms with van der Waals surface area (Å²) in [7, 11) is 0. The highest BCUT2D eigenvalue weighted by Crippen LogP contribution is 2.33. The number of hydrogen-bond acceptors (Lipinski definition) is 0. The first kappa shape index (κ1) is 11.3.